The molecule has 1 aromatic heterocycles. The fourth-order valence-corrected chi connectivity index (χ4v) is 2.82. The topological polar surface area (TPSA) is 75.1 Å². The number of aliphatic hydroxyl groups excluding tert-OH is 1. The van der Waals surface area contributed by atoms with E-state index >= 15 is 0 Å². The summed E-state index contributed by atoms with van der Waals surface area (Å²) in [5, 5.41) is 20.3. The van der Waals surface area contributed by atoms with Crippen LogP contribution in [0.4, 0.5) is 0 Å². The Hall–Kier alpha value is -2.27. The third kappa shape index (κ3) is 2.64. The molecule has 0 radical (unpaired) electrons. The Bertz CT molecular complexity index is 610. The summed E-state index contributed by atoms with van der Waals surface area (Å²) in [6.07, 6.45) is 2.11. The molecular weight excluding hydrogens is 266 g/mol. The second-order valence-electron chi connectivity index (χ2n) is 5.41. The molecule has 1 fully saturated rings. The first-order valence-electron chi connectivity index (χ1n) is 6.99. The molecule has 1 aromatic carbocycles. The molecule has 0 unspecified atom stereocenters. The monoisotopic (exact) mass is 283 g/mol. The first-order valence-corrected chi connectivity index (χ1v) is 6.99. The van der Waals surface area contributed by atoms with Gasteiger partial charge in [0.15, 0.2) is 0 Å². The van der Waals surface area contributed by atoms with Crippen LogP contribution in [-0.4, -0.2) is 27.3 Å². The molecule has 0 atom stereocenters. The number of nitrogens with zero attached hydrogens (tertiary/aromatic N) is 2. The Morgan fingerprint density at radius 3 is 2.62 bits per heavy atom. The molecule has 1 heterocycles. The number of carbonyl (C=O) groups excluding carboxylic acids is 1. The number of hydrogen-bond donors (Lipinski definition) is 2. The molecule has 1 aliphatic carbocycles. The van der Waals surface area contributed by atoms with E-state index in [1.807, 2.05) is 36.4 Å². The van der Waals surface area contributed by atoms with Crippen LogP contribution in [0, 0.1) is 0 Å². The number of nitrogens with one attached hydrogen (secondary N) is 1. The van der Waals surface area contributed by atoms with Crippen LogP contribution in [0.15, 0.2) is 48.7 Å². The first kappa shape index (κ1) is 13.7. The molecule has 0 bridgehead atoms. The molecule has 2 N–H and O–H groups in total. The molecule has 5 nitrogen and oxygen atoms in total. The Labute approximate surface area is 123 Å². The second-order valence-corrected chi connectivity index (χ2v) is 5.41. The van der Waals surface area contributed by atoms with Crippen LogP contribution < -0.4 is 5.32 Å². The number of carbonyl (C=O) groups is 1. The minimum absolute atomic E-state index is 0.0651. The molecule has 1 saturated carbocycles. The van der Waals surface area contributed by atoms with Gasteiger partial charge in [-0.3, -0.25) is 4.79 Å². The van der Waals surface area contributed by atoms with Crippen molar-refractivity contribution in [1.29, 1.82) is 0 Å². The molecule has 0 aliphatic heterocycles. The van der Waals surface area contributed by atoms with E-state index in [1.165, 1.54) is 0 Å². The standard InChI is InChI=1S/C16H17N3O2/c20-14-9-16(10-14,12-5-2-1-3-6-12)15(21)17-11-13-7-4-8-18-19-13/h1-8,14,20H,9-11H2,(H,17,21). The van der Waals surface area contributed by atoms with Crippen LogP contribution in [0.3, 0.4) is 0 Å². The van der Waals surface area contributed by atoms with Gasteiger partial charge < -0.3 is 10.4 Å². The number of benzene rings is 1. The van der Waals surface area contributed by atoms with E-state index in [4.69, 9.17) is 0 Å². The third-order valence-electron chi connectivity index (χ3n) is 3.99. The highest BCUT2D eigenvalue weighted by molar-refractivity contribution is 5.89. The Morgan fingerprint density at radius 2 is 2.00 bits per heavy atom. The van der Waals surface area contributed by atoms with E-state index in [9.17, 15) is 9.90 Å². The Morgan fingerprint density at radius 1 is 1.24 bits per heavy atom. The lowest BCUT2D eigenvalue weighted by Gasteiger charge is -2.44. The first-order chi connectivity index (χ1) is 10.2. The second kappa shape index (κ2) is 5.61. The maximum Gasteiger partial charge on any atom is 0.231 e. The number of hydrogen-bond acceptors (Lipinski definition) is 4. The average molecular weight is 283 g/mol. The maximum absolute atomic E-state index is 12.6. The van der Waals surface area contributed by atoms with Gasteiger partial charge in [-0.05, 0) is 30.5 Å². The minimum Gasteiger partial charge on any atom is -0.393 e. The van der Waals surface area contributed by atoms with Crippen molar-refractivity contribution in [2.24, 2.45) is 0 Å². The van der Waals surface area contributed by atoms with Crippen molar-refractivity contribution in [1.82, 2.24) is 15.5 Å². The molecular formula is C16H17N3O2. The van der Waals surface area contributed by atoms with Gasteiger partial charge in [0, 0.05) is 6.20 Å². The van der Waals surface area contributed by atoms with Gasteiger partial charge in [0.2, 0.25) is 5.91 Å². The quantitative estimate of drug-likeness (QED) is 0.883. The van der Waals surface area contributed by atoms with Crippen LogP contribution in [0.25, 0.3) is 0 Å². The number of amides is 1. The Balaban J connectivity index is 1.74. The van der Waals surface area contributed by atoms with Gasteiger partial charge in [0.05, 0.1) is 23.8 Å². The molecule has 2 aromatic rings. The van der Waals surface area contributed by atoms with Crippen molar-refractivity contribution >= 4 is 5.91 Å². The van der Waals surface area contributed by atoms with Crippen LogP contribution >= 0.6 is 0 Å². The summed E-state index contributed by atoms with van der Waals surface area (Å²) in [6, 6.07) is 13.2. The SMILES string of the molecule is O=C(NCc1cccnn1)C1(c2ccccc2)CC(O)C1. The summed E-state index contributed by atoms with van der Waals surface area (Å²) in [6.45, 7) is 0.345. The zero-order chi connectivity index (χ0) is 14.7. The highest BCUT2D eigenvalue weighted by Gasteiger charge is 2.50. The summed E-state index contributed by atoms with van der Waals surface area (Å²) >= 11 is 0. The van der Waals surface area contributed by atoms with E-state index in [-0.39, 0.29) is 5.91 Å². The predicted molar refractivity (Wildman–Crippen MR) is 77.2 cm³/mol. The molecule has 0 spiro atoms. The average Bonchev–Trinajstić information content (AvgIpc) is 2.51. The zero-order valence-electron chi connectivity index (χ0n) is 11.6. The van der Waals surface area contributed by atoms with E-state index in [2.05, 4.69) is 15.5 Å². The van der Waals surface area contributed by atoms with Crippen molar-refractivity contribution in [3.05, 3.63) is 59.9 Å². The van der Waals surface area contributed by atoms with Crippen molar-refractivity contribution in [2.45, 2.75) is 30.9 Å². The fraction of sp³-hybridized carbons (Fsp3) is 0.312. The number of aliphatic hydroxyl groups is 1. The van der Waals surface area contributed by atoms with E-state index in [1.54, 1.807) is 12.3 Å². The van der Waals surface area contributed by atoms with Crippen molar-refractivity contribution in [2.75, 3.05) is 0 Å². The largest absolute Gasteiger partial charge is 0.393 e. The van der Waals surface area contributed by atoms with Crippen LogP contribution in [0.5, 0.6) is 0 Å². The molecule has 108 valence electrons. The lowest BCUT2D eigenvalue weighted by Crippen LogP contribution is -2.55. The van der Waals surface area contributed by atoms with Crippen LogP contribution in [-0.2, 0) is 16.8 Å². The fourth-order valence-electron chi connectivity index (χ4n) is 2.82. The van der Waals surface area contributed by atoms with Crippen molar-refractivity contribution in [3.8, 4) is 0 Å². The summed E-state index contributed by atoms with van der Waals surface area (Å²) in [4.78, 5) is 12.6. The Kier molecular flexibility index (Phi) is 3.66. The summed E-state index contributed by atoms with van der Waals surface area (Å²) in [5.74, 6) is -0.0651. The number of rotatable bonds is 4. The van der Waals surface area contributed by atoms with Gasteiger partial charge >= 0.3 is 0 Å². The van der Waals surface area contributed by atoms with Gasteiger partial charge in [0.1, 0.15) is 0 Å². The summed E-state index contributed by atoms with van der Waals surface area (Å²) < 4.78 is 0. The summed E-state index contributed by atoms with van der Waals surface area (Å²) in [5.41, 5.74) is 1.05. The van der Waals surface area contributed by atoms with Crippen LogP contribution in [0.2, 0.25) is 0 Å². The van der Waals surface area contributed by atoms with Gasteiger partial charge in [-0.1, -0.05) is 30.3 Å². The highest BCUT2D eigenvalue weighted by atomic mass is 16.3. The molecule has 1 aliphatic rings. The lowest BCUT2D eigenvalue weighted by atomic mass is 9.62. The minimum atomic E-state index is -0.622. The van der Waals surface area contributed by atoms with E-state index in [0.717, 1.165) is 5.56 Å². The lowest BCUT2D eigenvalue weighted by molar-refractivity contribution is -0.135. The van der Waals surface area contributed by atoms with E-state index < -0.39 is 11.5 Å². The molecule has 21 heavy (non-hydrogen) atoms. The predicted octanol–water partition coefficient (Wildman–Crippen LogP) is 1.19. The van der Waals surface area contributed by atoms with Gasteiger partial charge in [-0.2, -0.15) is 10.2 Å². The van der Waals surface area contributed by atoms with E-state index in [0.29, 0.717) is 25.1 Å². The van der Waals surface area contributed by atoms with Crippen molar-refractivity contribution in [3.63, 3.8) is 0 Å². The van der Waals surface area contributed by atoms with Gasteiger partial charge in [-0.15, -0.1) is 0 Å². The normalized spacial score (nSPS) is 24.1. The summed E-state index contributed by atoms with van der Waals surface area (Å²) in [7, 11) is 0. The molecule has 0 saturated heterocycles. The maximum atomic E-state index is 12.6. The van der Waals surface area contributed by atoms with Crippen LogP contribution in [0.1, 0.15) is 24.1 Å². The van der Waals surface area contributed by atoms with Crippen molar-refractivity contribution < 1.29 is 9.90 Å². The van der Waals surface area contributed by atoms with Gasteiger partial charge in [-0.25, -0.2) is 0 Å². The molecule has 1 amide bonds. The third-order valence-corrected chi connectivity index (χ3v) is 3.99. The molecule has 3 rings (SSSR count). The smallest absolute Gasteiger partial charge is 0.231 e. The highest BCUT2D eigenvalue weighted by Crippen LogP contribution is 2.44. The molecule has 5 heteroatoms. The number of aromatic nitrogens is 2. The van der Waals surface area contributed by atoms with Gasteiger partial charge in [0.25, 0.3) is 0 Å². The zero-order valence-corrected chi connectivity index (χ0v) is 11.6.